The minimum atomic E-state index is -4.34. The highest BCUT2D eigenvalue weighted by Crippen LogP contribution is 2.62. The first-order valence-electron chi connectivity index (χ1n) is 13.3. The van der Waals surface area contributed by atoms with Gasteiger partial charge in [-0.05, 0) is 22.3 Å². The van der Waals surface area contributed by atoms with Crippen LogP contribution >= 0.6 is 7.82 Å². The number of phosphoric acid groups is 1. The van der Waals surface area contributed by atoms with Gasteiger partial charge in [-0.25, -0.2) is 4.57 Å². The lowest BCUT2D eigenvalue weighted by Gasteiger charge is -2.27. The molecule has 0 saturated carbocycles. The molecular weight excluding hydrogens is 559 g/mol. The highest BCUT2D eigenvalue weighted by atomic mass is 31.2. The van der Waals surface area contributed by atoms with Crippen LogP contribution in [0.15, 0.2) is 84.9 Å². The van der Waals surface area contributed by atoms with E-state index in [0.717, 1.165) is 22.3 Å². The second-order valence-electron chi connectivity index (χ2n) is 9.31. The number of benzene rings is 4. The van der Waals surface area contributed by atoms with Crippen molar-refractivity contribution in [2.45, 2.75) is 26.1 Å². The molecule has 9 nitrogen and oxygen atoms in total. The van der Waals surface area contributed by atoms with E-state index >= 15 is 0 Å². The van der Waals surface area contributed by atoms with Gasteiger partial charge in [0, 0.05) is 12.7 Å². The summed E-state index contributed by atoms with van der Waals surface area (Å²) in [5.74, 6) is 0.753. The van der Waals surface area contributed by atoms with Gasteiger partial charge in [0.25, 0.3) is 0 Å². The summed E-state index contributed by atoms with van der Waals surface area (Å²) in [6.45, 7) is 0.179. The van der Waals surface area contributed by atoms with Crippen molar-refractivity contribution >= 4 is 7.82 Å². The van der Waals surface area contributed by atoms with Crippen molar-refractivity contribution in [1.29, 1.82) is 0 Å². The maximum Gasteiger partial charge on any atom is 0.530 e. The summed E-state index contributed by atoms with van der Waals surface area (Å²) < 4.78 is 62.1. The fraction of sp³-hybridized carbons (Fsp3) is 0.250. The summed E-state index contributed by atoms with van der Waals surface area (Å²) >= 11 is 0. The van der Waals surface area contributed by atoms with Gasteiger partial charge in [-0.3, -0.25) is 9.05 Å². The number of rotatable bonds is 12. The van der Waals surface area contributed by atoms with Crippen LogP contribution < -0.4 is 18.7 Å². The molecule has 0 aromatic heterocycles. The number of phosphoric ester groups is 1. The summed E-state index contributed by atoms with van der Waals surface area (Å²) in [5.41, 5.74) is 4.25. The molecule has 1 aliphatic rings. The van der Waals surface area contributed by atoms with E-state index in [9.17, 15) is 4.57 Å². The van der Waals surface area contributed by atoms with Crippen molar-refractivity contribution in [3.05, 3.63) is 107 Å². The molecule has 1 aliphatic heterocycles. The summed E-state index contributed by atoms with van der Waals surface area (Å²) in [6, 6.07) is 26.4. The van der Waals surface area contributed by atoms with Crippen molar-refractivity contribution in [2.75, 3.05) is 28.4 Å². The van der Waals surface area contributed by atoms with E-state index in [2.05, 4.69) is 0 Å². The highest BCUT2D eigenvalue weighted by molar-refractivity contribution is 7.48. The minimum absolute atomic E-state index is 0.0261. The Balaban J connectivity index is 1.68. The van der Waals surface area contributed by atoms with Crippen LogP contribution in [-0.2, 0) is 42.9 Å². The van der Waals surface area contributed by atoms with Crippen LogP contribution in [0.3, 0.4) is 0 Å². The molecule has 4 aromatic carbocycles. The average Bonchev–Trinajstić information content (AvgIpc) is 3.21. The second kappa shape index (κ2) is 13.4. The maximum atomic E-state index is 14.5. The zero-order valence-corrected chi connectivity index (χ0v) is 24.8. The first-order chi connectivity index (χ1) is 20.5. The van der Waals surface area contributed by atoms with Gasteiger partial charge in [-0.15, -0.1) is 0 Å². The molecule has 0 spiro atoms. The molecule has 0 aliphatic carbocycles. The first-order valence-corrected chi connectivity index (χ1v) is 14.7. The molecule has 0 amide bonds. The Morgan fingerprint density at radius 2 is 1.21 bits per heavy atom. The van der Waals surface area contributed by atoms with Crippen molar-refractivity contribution in [2.24, 2.45) is 0 Å². The largest absolute Gasteiger partial charge is 0.530 e. The fourth-order valence-electron chi connectivity index (χ4n) is 4.81. The second-order valence-corrected chi connectivity index (χ2v) is 10.9. The molecule has 4 aromatic rings. The Labute approximate surface area is 245 Å². The molecule has 0 radical (unpaired) electrons. The summed E-state index contributed by atoms with van der Waals surface area (Å²) in [5, 5.41) is 0. The van der Waals surface area contributed by atoms with Crippen molar-refractivity contribution < 1.29 is 41.8 Å². The Morgan fingerprint density at radius 1 is 0.690 bits per heavy atom. The van der Waals surface area contributed by atoms with E-state index in [1.165, 1.54) is 28.4 Å². The van der Waals surface area contributed by atoms with Gasteiger partial charge in [0.05, 0.1) is 46.7 Å². The lowest BCUT2D eigenvalue weighted by Crippen LogP contribution is -2.12. The molecule has 1 atom stereocenters. The predicted octanol–water partition coefficient (Wildman–Crippen LogP) is 7.48. The Morgan fingerprint density at radius 3 is 1.76 bits per heavy atom. The predicted molar refractivity (Wildman–Crippen MR) is 157 cm³/mol. The third-order valence-electron chi connectivity index (χ3n) is 6.77. The third kappa shape index (κ3) is 6.16. The van der Waals surface area contributed by atoms with Crippen molar-refractivity contribution in [1.82, 2.24) is 0 Å². The van der Waals surface area contributed by atoms with E-state index in [1.54, 1.807) is 0 Å². The van der Waals surface area contributed by atoms with E-state index < -0.39 is 14.1 Å². The maximum absolute atomic E-state index is 14.5. The normalized spacial score (nSPS) is 14.3. The highest BCUT2D eigenvalue weighted by Gasteiger charge is 2.40. The number of fused-ring (bicyclic) bond motifs is 3. The summed E-state index contributed by atoms with van der Waals surface area (Å²) in [4.78, 5) is 0. The molecular formula is C32H33O9P. The van der Waals surface area contributed by atoms with Crippen molar-refractivity contribution in [3.63, 3.8) is 0 Å². The van der Waals surface area contributed by atoms with Gasteiger partial charge in [-0.1, -0.05) is 84.9 Å². The van der Waals surface area contributed by atoms with Gasteiger partial charge in [0.15, 0.2) is 17.8 Å². The number of ether oxygens (including phenoxy) is 5. The molecule has 5 rings (SSSR count). The van der Waals surface area contributed by atoms with Crippen LogP contribution in [0, 0.1) is 0 Å². The molecule has 10 heteroatoms. The molecule has 0 bridgehead atoms. The van der Waals surface area contributed by atoms with Gasteiger partial charge in [0.1, 0.15) is 0 Å². The molecule has 0 saturated heterocycles. The standard InChI is InChI=1S/C32H33O9P/c1-34-28-26-25-18-12-11-17-24(25)21-38-32(37-4)27(26)29(31(36-3)30(28)35-2)41-42(33,39-19-22-13-7-5-8-14-22)40-20-23-15-9-6-10-16-23/h5-18,32H,19-21H2,1-4H3. The van der Waals surface area contributed by atoms with E-state index in [-0.39, 0.29) is 37.1 Å². The molecule has 1 unspecified atom stereocenters. The first kappa shape index (κ1) is 29.6. The zero-order chi connectivity index (χ0) is 29.5. The summed E-state index contributed by atoms with van der Waals surface area (Å²) in [6.07, 6.45) is -0.951. The number of hydrogen-bond acceptors (Lipinski definition) is 9. The minimum Gasteiger partial charge on any atom is -0.492 e. The van der Waals surface area contributed by atoms with Crippen LogP contribution in [0.4, 0.5) is 0 Å². The number of methoxy groups -OCH3 is 4. The van der Waals surface area contributed by atoms with Gasteiger partial charge in [-0.2, -0.15) is 0 Å². The van der Waals surface area contributed by atoms with Crippen LogP contribution in [0.25, 0.3) is 11.1 Å². The van der Waals surface area contributed by atoms with Crippen LogP contribution in [0.1, 0.15) is 28.5 Å². The van der Waals surface area contributed by atoms with Crippen molar-refractivity contribution in [3.8, 4) is 34.1 Å². The van der Waals surface area contributed by atoms with Crippen LogP contribution in [0.5, 0.6) is 23.0 Å². The topological polar surface area (TPSA) is 90.9 Å². The fourth-order valence-corrected chi connectivity index (χ4v) is 6.01. The van der Waals surface area contributed by atoms with E-state index in [1.807, 2.05) is 84.9 Å². The Hall–Kier alpha value is -3.85. The number of hydrogen-bond donors (Lipinski definition) is 0. The van der Waals surface area contributed by atoms with Gasteiger partial charge < -0.3 is 28.2 Å². The zero-order valence-electron chi connectivity index (χ0n) is 23.9. The quantitative estimate of drug-likeness (QED) is 0.155. The molecule has 220 valence electrons. The molecule has 1 heterocycles. The smallest absolute Gasteiger partial charge is 0.492 e. The van der Waals surface area contributed by atoms with Crippen LogP contribution in [-0.4, -0.2) is 28.4 Å². The Kier molecular flexibility index (Phi) is 9.47. The average molecular weight is 593 g/mol. The Bertz CT molecular complexity index is 1500. The van der Waals surface area contributed by atoms with E-state index in [4.69, 9.17) is 37.3 Å². The third-order valence-corrected chi connectivity index (χ3v) is 8.06. The lowest BCUT2D eigenvalue weighted by atomic mass is 9.93. The molecule has 42 heavy (non-hydrogen) atoms. The molecule has 0 fully saturated rings. The molecule has 0 N–H and O–H groups in total. The van der Waals surface area contributed by atoms with E-state index in [0.29, 0.717) is 16.9 Å². The lowest BCUT2D eigenvalue weighted by molar-refractivity contribution is -0.135. The van der Waals surface area contributed by atoms with Crippen LogP contribution in [0.2, 0.25) is 0 Å². The van der Waals surface area contributed by atoms with Gasteiger partial charge in [0.2, 0.25) is 11.5 Å². The summed E-state index contributed by atoms with van der Waals surface area (Å²) in [7, 11) is 1.64. The van der Waals surface area contributed by atoms with Gasteiger partial charge >= 0.3 is 7.82 Å². The SMILES string of the molecule is COc1c(OC)c(OP(=O)(OCc2ccccc2)OCc2ccccc2)c2c(c1OC)-c1ccccc1COC2OC. The monoisotopic (exact) mass is 592 g/mol.